The summed E-state index contributed by atoms with van der Waals surface area (Å²) >= 11 is 0. The molecule has 1 saturated heterocycles. The Balaban J connectivity index is 1.93. The lowest BCUT2D eigenvalue weighted by Crippen LogP contribution is -2.26. The van der Waals surface area contributed by atoms with Crippen molar-refractivity contribution in [2.24, 2.45) is 11.7 Å². The zero-order valence-corrected chi connectivity index (χ0v) is 12.4. The molecule has 1 aliphatic heterocycles. The van der Waals surface area contributed by atoms with Crippen LogP contribution >= 0.6 is 0 Å². The molecule has 1 aliphatic rings. The van der Waals surface area contributed by atoms with Crippen LogP contribution in [-0.2, 0) is 4.74 Å². The van der Waals surface area contributed by atoms with Crippen molar-refractivity contribution in [2.45, 2.75) is 19.8 Å². The Morgan fingerprint density at radius 2 is 2.33 bits per heavy atom. The van der Waals surface area contributed by atoms with Crippen LogP contribution in [-0.4, -0.2) is 32.2 Å². The topological polar surface area (TPSA) is 64.4 Å². The van der Waals surface area contributed by atoms with Gasteiger partial charge in [-0.2, -0.15) is 0 Å². The van der Waals surface area contributed by atoms with Crippen molar-refractivity contribution >= 4 is 5.91 Å². The lowest BCUT2D eigenvalue weighted by atomic mass is 10.0. The lowest BCUT2D eigenvalue weighted by Gasteiger charge is -2.09. The molecular weight excluding hydrogens is 264 g/mol. The van der Waals surface area contributed by atoms with Gasteiger partial charge >= 0.3 is 0 Å². The maximum Gasteiger partial charge on any atom is 0.251 e. The van der Waals surface area contributed by atoms with Crippen molar-refractivity contribution in [2.75, 3.05) is 26.3 Å². The number of aryl methyl sites for hydroxylation is 1. The number of amides is 1. The Morgan fingerprint density at radius 1 is 1.48 bits per heavy atom. The number of ether oxygens (including phenoxy) is 1. The molecule has 2 rings (SSSR count). The van der Waals surface area contributed by atoms with E-state index in [1.54, 1.807) is 0 Å². The van der Waals surface area contributed by atoms with Crippen molar-refractivity contribution in [3.63, 3.8) is 0 Å². The van der Waals surface area contributed by atoms with Crippen molar-refractivity contribution in [3.8, 4) is 11.8 Å². The molecule has 1 atom stereocenters. The van der Waals surface area contributed by atoms with E-state index in [-0.39, 0.29) is 5.91 Å². The van der Waals surface area contributed by atoms with Crippen LogP contribution in [0.3, 0.4) is 0 Å². The molecule has 0 radical (unpaired) electrons. The minimum absolute atomic E-state index is 0.0478. The van der Waals surface area contributed by atoms with Crippen LogP contribution in [0.4, 0.5) is 0 Å². The highest BCUT2D eigenvalue weighted by Crippen LogP contribution is 2.15. The first kappa shape index (κ1) is 15.6. The zero-order valence-electron chi connectivity index (χ0n) is 12.4. The molecule has 0 aromatic heterocycles. The molecule has 0 saturated carbocycles. The van der Waals surface area contributed by atoms with Gasteiger partial charge in [0, 0.05) is 30.9 Å². The largest absolute Gasteiger partial charge is 0.381 e. The van der Waals surface area contributed by atoms with Crippen LogP contribution in [0, 0.1) is 24.7 Å². The molecule has 1 heterocycles. The second-order valence-electron chi connectivity index (χ2n) is 5.37. The first-order valence-corrected chi connectivity index (χ1v) is 7.35. The Kier molecular flexibility index (Phi) is 5.79. The molecule has 1 aromatic carbocycles. The first-order valence-electron chi connectivity index (χ1n) is 7.35. The number of rotatable bonds is 4. The van der Waals surface area contributed by atoms with Crippen LogP contribution in [0.1, 0.15) is 34.3 Å². The highest BCUT2D eigenvalue weighted by Gasteiger charge is 2.15. The lowest BCUT2D eigenvalue weighted by molar-refractivity contribution is 0.0950. The number of nitrogens with one attached hydrogen (secondary N) is 1. The van der Waals surface area contributed by atoms with Gasteiger partial charge in [-0.1, -0.05) is 11.8 Å². The zero-order chi connectivity index (χ0) is 15.1. The molecule has 0 spiro atoms. The Labute approximate surface area is 126 Å². The molecule has 0 bridgehead atoms. The quantitative estimate of drug-likeness (QED) is 0.824. The van der Waals surface area contributed by atoms with E-state index >= 15 is 0 Å². The van der Waals surface area contributed by atoms with Gasteiger partial charge in [0.05, 0.1) is 6.54 Å². The van der Waals surface area contributed by atoms with Gasteiger partial charge in [-0.3, -0.25) is 4.79 Å². The van der Waals surface area contributed by atoms with Crippen LogP contribution < -0.4 is 11.1 Å². The molecule has 21 heavy (non-hydrogen) atoms. The smallest absolute Gasteiger partial charge is 0.251 e. The molecule has 0 aliphatic carbocycles. The summed E-state index contributed by atoms with van der Waals surface area (Å²) in [6.45, 7) is 4.63. The summed E-state index contributed by atoms with van der Waals surface area (Å²) in [6, 6.07) is 5.64. The monoisotopic (exact) mass is 286 g/mol. The van der Waals surface area contributed by atoms with Crippen LogP contribution in [0.5, 0.6) is 0 Å². The van der Waals surface area contributed by atoms with E-state index in [2.05, 4.69) is 17.2 Å². The van der Waals surface area contributed by atoms with E-state index in [1.807, 2.05) is 25.1 Å². The summed E-state index contributed by atoms with van der Waals surface area (Å²) in [4.78, 5) is 12.2. The summed E-state index contributed by atoms with van der Waals surface area (Å²) < 4.78 is 5.33. The minimum Gasteiger partial charge on any atom is -0.381 e. The maximum absolute atomic E-state index is 12.2. The fourth-order valence-electron chi connectivity index (χ4n) is 2.44. The van der Waals surface area contributed by atoms with Gasteiger partial charge in [0.15, 0.2) is 0 Å². The van der Waals surface area contributed by atoms with E-state index in [1.165, 1.54) is 0 Å². The van der Waals surface area contributed by atoms with Crippen LogP contribution in [0.2, 0.25) is 0 Å². The minimum atomic E-state index is -0.0478. The normalized spacial score (nSPS) is 17.1. The number of nitrogens with two attached hydrogens (primary N) is 1. The number of hydrogen-bond donors (Lipinski definition) is 2. The molecule has 1 unspecified atom stereocenters. The third-order valence-electron chi connectivity index (χ3n) is 3.54. The molecule has 3 N–H and O–H groups in total. The van der Waals surface area contributed by atoms with E-state index < -0.39 is 0 Å². The Morgan fingerprint density at radius 3 is 3.05 bits per heavy atom. The Bertz CT molecular complexity index is 552. The van der Waals surface area contributed by atoms with Crippen LogP contribution in [0.25, 0.3) is 0 Å². The summed E-state index contributed by atoms with van der Waals surface area (Å²) in [6.07, 6.45) is 2.07. The summed E-state index contributed by atoms with van der Waals surface area (Å²) in [7, 11) is 0. The number of carbonyl (C=O) groups is 1. The predicted octanol–water partition coefficient (Wildman–Crippen LogP) is 1.46. The van der Waals surface area contributed by atoms with Crippen molar-refractivity contribution in [1.82, 2.24) is 5.32 Å². The van der Waals surface area contributed by atoms with Gasteiger partial charge in [-0.15, -0.1) is 0 Å². The third-order valence-corrected chi connectivity index (χ3v) is 3.54. The fraction of sp³-hybridized carbons (Fsp3) is 0.471. The number of hydrogen-bond acceptors (Lipinski definition) is 3. The van der Waals surface area contributed by atoms with Crippen molar-refractivity contribution < 1.29 is 9.53 Å². The van der Waals surface area contributed by atoms with Crippen LogP contribution in [0.15, 0.2) is 18.2 Å². The second-order valence-corrected chi connectivity index (χ2v) is 5.37. The molecule has 4 heteroatoms. The Hall–Kier alpha value is -1.83. The second kappa shape index (κ2) is 7.82. The molecule has 1 amide bonds. The summed E-state index contributed by atoms with van der Waals surface area (Å²) in [5, 5.41) is 2.97. The average Bonchev–Trinajstić information content (AvgIpc) is 2.97. The molecular formula is C17H22N2O2. The van der Waals surface area contributed by atoms with Gasteiger partial charge in [-0.05, 0) is 49.4 Å². The third kappa shape index (κ3) is 4.89. The van der Waals surface area contributed by atoms with E-state index in [0.29, 0.717) is 24.6 Å². The van der Waals surface area contributed by atoms with Crippen molar-refractivity contribution in [3.05, 3.63) is 34.9 Å². The van der Waals surface area contributed by atoms with Gasteiger partial charge in [0.1, 0.15) is 0 Å². The first-order chi connectivity index (χ1) is 10.2. The standard InChI is InChI=1S/C17H22N2O2/c1-13-9-15(3-2-6-18)11-16(10-13)17(20)19-7-4-14-5-8-21-12-14/h9-11,14H,4-8,12,18H2,1H3,(H,19,20). The predicted molar refractivity (Wildman–Crippen MR) is 83.0 cm³/mol. The average molecular weight is 286 g/mol. The molecule has 1 aromatic rings. The summed E-state index contributed by atoms with van der Waals surface area (Å²) in [5.74, 6) is 6.31. The highest BCUT2D eigenvalue weighted by molar-refractivity contribution is 5.94. The number of benzene rings is 1. The van der Waals surface area contributed by atoms with Gasteiger partial charge < -0.3 is 15.8 Å². The maximum atomic E-state index is 12.2. The molecule has 1 fully saturated rings. The van der Waals surface area contributed by atoms with Gasteiger partial charge in [0.2, 0.25) is 0 Å². The number of carbonyl (C=O) groups excluding carboxylic acids is 1. The van der Waals surface area contributed by atoms with E-state index in [0.717, 1.165) is 37.2 Å². The molecule has 4 nitrogen and oxygen atoms in total. The SMILES string of the molecule is Cc1cc(C#CCN)cc(C(=O)NCCC2CCOC2)c1. The highest BCUT2D eigenvalue weighted by atomic mass is 16.5. The fourth-order valence-corrected chi connectivity index (χ4v) is 2.44. The van der Waals surface area contributed by atoms with Crippen molar-refractivity contribution in [1.29, 1.82) is 0 Å². The van der Waals surface area contributed by atoms with E-state index in [4.69, 9.17) is 10.5 Å². The molecule has 112 valence electrons. The van der Waals surface area contributed by atoms with Gasteiger partial charge in [-0.25, -0.2) is 0 Å². The van der Waals surface area contributed by atoms with Gasteiger partial charge in [0.25, 0.3) is 5.91 Å². The van der Waals surface area contributed by atoms with E-state index in [9.17, 15) is 4.79 Å². The summed E-state index contributed by atoms with van der Waals surface area (Å²) in [5.41, 5.74) is 7.88.